The molecule has 1 aliphatic heterocycles. The molecule has 7 heteroatoms. The number of hydrogen-bond donors (Lipinski definition) is 1. The molecule has 150 valence electrons. The van der Waals surface area contributed by atoms with Gasteiger partial charge in [0.2, 0.25) is 5.88 Å². The van der Waals surface area contributed by atoms with Crippen molar-refractivity contribution in [3.63, 3.8) is 0 Å². The molecule has 0 unspecified atom stereocenters. The molecule has 2 aliphatic rings. The minimum Gasteiger partial charge on any atom is -0.474 e. The standard InChI is InChI=1S/C22H24N4O3/c27-22-17-14-26(10-9-18(17)24-21(25-22)19-6-3-11-28-19)13-15-7-8-20(23-12-15)29-16-4-1-2-5-16/h3,6-8,11-12,16H,1-2,4-5,9-10,13-14H2,(H,24,25,27). The summed E-state index contributed by atoms with van der Waals surface area (Å²) >= 11 is 0. The second-order valence-electron chi connectivity index (χ2n) is 7.81. The molecule has 7 nitrogen and oxygen atoms in total. The summed E-state index contributed by atoms with van der Waals surface area (Å²) in [5.41, 5.74) is 2.61. The van der Waals surface area contributed by atoms with E-state index in [9.17, 15) is 4.79 Å². The Morgan fingerprint density at radius 2 is 2.14 bits per heavy atom. The van der Waals surface area contributed by atoms with Gasteiger partial charge in [-0.2, -0.15) is 0 Å². The van der Waals surface area contributed by atoms with E-state index >= 15 is 0 Å². The van der Waals surface area contributed by atoms with E-state index in [1.807, 2.05) is 12.3 Å². The first-order valence-electron chi connectivity index (χ1n) is 10.2. The highest BCUT2D eigenvalue weighted by Crippen LogP contribution is 2.24. The van der Waals surface area contributed by atoms with Gasteiger partial charge in [0.05, 0.1) is 17.5 Å². The molecular formula is C22H24N4O3. The maximum atomic E-state index is 12.6. The quantitative estimate of drug-likeness (QED) is 0.717. The summed E-state index contributed by atoms with van der Waals surface area (Å²) < 4.78 is 11.3. The Bertz CT molecular complexity index is 1020. The largest absolute Gasteiger partial charge is 0.474 e. The van der Waals surface area contributed by atoms with Crippen LogP contribution in [0.15, 0.2) is 45.9 Å². The lowest BCUT2D eigenvalue weighted by molar-refractivity contribution is 0.201. The zero-order valence-electron chi connectivity index (χ0n) is 16.3. The zero-order valence-corrected chi connectivity index (χ0v) is 16.3. The van der Waals surface area contributed by atoms with Crippen LogP contribution in [-0.4, -0.2) is 32.5 Å². The Balaban J connectivity index is 1.26. The van der Waals surface area contributed by atoms with Crippen LogP contribution >= 0.6 is 0 Å². The summed E-state index contributed by atoms with van der Waals surface area (Å²) in [5.74, 6) is 1.78. The van der Waals surface area contributed by atoms with E-state index in [-0.39, 0.29) is 5.56 Å². The number of nitrogens with one attached hydrogen (secondary N) is 1. The molecule has 1 aliphatic carbocycles. The number of rotatable bonds is 5. The van der Waals surface area contributed by atoms with Crippen LogP contribution in [0.3, 0.4) is 0 Å². The summed E-state index contributed by atoms with van der Waals surface area (Å²) in [7, 11) is 0. The molecular weight excluding hydrogens is 368 g/mol. The van der Waals surface area contributed by atoms with Crippen LogP contribution in [0.4, 0.5) is 0 Å². The van der Waals surface area contributed by atoms with E-state index in [2.05, 4.69) is 25.9 Å². The first kappa shape index (κ1) is 18.1. The first-order chi connectivity index (χ1) is 14.2. The number of hydrogen-bond acceptors (Lipinski definition) is 6. The van der Waals surface area contributed by atoms with Crippen LogP contribution in [0.2, 0.25) is 0 Å². The van der Waals surface area contributed by atoms with Crippen molar-refractivity contribution in [2.24, 2.45) is 0 Å². The van der Waals surface area contributed by atoms with Crippen molar-refractivity contribution in [2.75, 3.05) is 6.54 Å². The Morgan fingerprint density at radius 1 is 1.24 bits per heavy atom. The predicted molar refractivity (Wildman–Crippen MR) is 107 cm³/mol. The van der Waals surface area contributed by atoms with Crippen molar-refractivity contribution in [1.82, 2.24) is 19.9 Å². The summed E-state index contributed by atoms with van der Waals surface area (Å²) in [6.45, 7) is 2.17. The van der Waals surface area contributed by atoms with Gasteiger partial charge >= 0.3 is 0 Å². The average Bonchev–Trinajstić information content (AvgIpc) is 3.44. The molecule has 1 N–H and O–H groups in total. The van der Waals surface area contributed by atoms with Gasteiger partial charge in [0.1, 0.15) is 6.10 Å². The van der Waals surface area contributed by atoms with Gasteiger partial charge in [-0.15, -0.1) is 0 Å². The van der Waals surface area contributed by atoms with Crippen molar-refractivity contribution in [2.45, 2.75) is 51.3 Å². The molecule has 1 fully saturated rings. The molecule has 1 saturated carbocycles. The first-order valence-corrected chi connectivity index (χ1v) is 10.2. The van der Waals surface area contributed by atoms with Crippen LogP contribution in [0.25, 0.3) is 11.6 Å². The topological polar surface area (TPSA) is 84.2 Å². The van der Waals surface area contributed by atoms with Gasteiger partial charge in [0.25, 0.3) is 5.56 Å². The zero-order chi connectivity index (χ0) is 19.6. The van der Waals surface area contributed by atoms with Crippen LogP contribution in [0.1, 0.15) is 42.5 Å². The molecule has 0 radical (unpaired) electrons. The lowest BCUT2D eigenvalue weighted by Gasteiger charge is -2.27. The highest BCUT2D eigenvalue weighted by Gasteiger charge is 2.22. The minimum absolute atomic E-state index is 0.0930. The van der Waals surface area contributed by atoms with Crippen molar-refractivity contribution in [3.05, 3.63) is 63.9 Å². The number of aromatic amines is 1. The number of aromatic nitrogens is 3. The van der Waals surface area contributed by atoms with E-state index in [1.54, 1.807) is 18.4 Å². The van der Waals surface area contributed by atoms with E-state index < -0.39 is 0 Å². The smallest absolute Gasteiger partial charge is 0.256 e. The van der Waals surface area contributed by atoms with E-state index in [4.69, 9.17) is 9.15 Å². The third kappa shape index (κ3) is 3.96. The SMILES string of the molecule is O=c1[nH]c(-c2ccco2)nc2c1CN(Cc1ccc(OC3CCCC3)nc1)CC2. The third-order valence-corrected chi connectivity index (χ3v) is 5.70. The molecule has 0 amide bonds. The molecule has 5 rings (SSSR count). The molecule has 0 saturated heterocycles. The van der Waals surface area contributed by atoms with Crippen LogP contribution in [0, 0.1) is 0 Å². The summed E-state index contributed by atoms with van der Waals surface area (Å²) in [4.78, 5) is 26.8. The molecule has 0 spiro atoms. The van der Waals surface area contributed by atoms with Gasteiger partial charge in [0, 0.05) is 38.3 Å². The molecule has 0 bridgehead atoms. The Labute approximate surface area is 168 Å². The van der Waals surface area contributed by atoms with Crippen molar-refractivity contribution in [1.29, 1.82) is 0 Å². The van der Waals surface area contributed by atoms with Crippen molar-refractivity contribution >= 4 is 0 Å². The highest BCUT2D eigenvalue weighted by molar-refractivity contribution is 5.47. The molecule has 0 aromatic carbocycles. The maximum absolute atomic E-state index is 12.6. The molecule has 3 aromatic rings. The number of fused-ring (bicyclic) bond motifs is 1. The number of ether oxygens (including phenoxy) is 1. The summed E-state index contributed by atoms with van der Waals surface area (Å²) in [6, 6.07) is 7.60. The van der Waals surface area contributed by atoms with Crippen molar-refractivity contribution < 1.29 is 9.15 Å². The van der Waals surface area contributed by atoms with Crippen LogP contribution in [-0.2, 0) is 19.5 Å². The fourth-order valence-corrected chi connectivity index (χ4v) is 4.16. The third-order valence-electron chi connectivity index (χ3n) is 5.70. The normalized spacial score (nSPS) is 17.4. The fraction of sp³-hybridized carbons (Fsp3) is 0.409. The maximum Gasteiger partial charge on any atom is 0.256 e. The van der Waals surface area contributed by atoms with Gasteiger partial charge in [-0.1, -0.05) is 6.07 Å². The second-order valence-corrected chi connectivity index (χ2v) is 7.81. The lowest BCUT2D eigenvalue weighted by atomic mass is 10.1. The summed E-state index contributed by atoms with van der Waals surface area (Å²) in [6.07, 6.45) is 9.26. The van der Waals surface area contributed by atoms with Crippen LogP contribution < -0.4 is 10.3 Å². The number of pyridine rings is 1. The lowest BCUT2D eigenvalue weighted by Crippen LogP contribution is -2.35. The minimum atomic E-state index is -0.0930. The van der Waals surface area contributed by atoms with E-state index in [0.717, 1.165) is 49.2 Å². The Kier molecular flexibility index (Phi) is 4.89. The van der Waals surface area contributed by atoms with Gasteiger partial charge in [-0.3, -0.25) is 9.69 Å². The monoisotopic (exact) mass is 392 g/mol. The van der Waals surface area contributed by atoms with E-state index in [1.165, 1.54) is 12.8 Å². The number of H-pyrrole nitrogens is 1. The molecule has 3 aromatic heterocycles. The molecule has 29 heavy (non-hydrogen) atoms. The highest BCUT2D eigenvalue weighted by atomic mass is 16.5. The Hall–Kier alpha value is -2.93. The van der Waals surface area contributed by atoms with Gasteiger partial charge in [-0.25, -0.2) is 9.97 Å². The van der Waals surface area contributed by atoms with E-state index in [0.29, 0.717) is 30.1 Å². The van der Waals surface area contributed by atoms with Gasteiger partial charge < -0.3 is 14.1 Å². The van der Waals surface area contributed by atoms with Crippen molar-refractivity contribution in [3.8, 4) is 17.5 Å². The number of nitrogens with zero attached hydrogens (tertiary/aromatic N) is 3. The number of furan rings is 1. The average molecular weight is 392 g/mol. The van der Waals surface area contributed by atoms with Gasteiger partial charge in [-0.05, 0) is 43.4 Å². The van der Waals surface area contributed by atoms with Gasteiger partial charge in [0.15, 0.2) is 11.6 Å². The molecule has 0 atom stereocenters. The summed E-state index contributed by atoms with van der Waals surface area (Å²) in [5, 5.41) is 0. The molecule has 4 heterocycles. The second kappa shape index (κ2) is 7.83. The van der Waals surface area contributed by atoms with Crippen LogP contribution in [0.5, 0.6) is 5.88 Å². The fourth-order valence-electron chi connectivity index (χ4n) is 4.16. The predicted octanol–water partition coefficient (Wildman–Crippen LogP) is 3.30. The Morgan fingerprint density at radius 3 is 2.90 bits per heavy atom.